The van der Waals surface area contributed by atoms with Crippen LogP contribution >= 0.6 is 0 Å². The highest BCUT2D eigenvalue weighted by atomic mass is 16.2. The number of amides is 1. The highest BCUT2D eigenvalue weighted by molar-refractivity contribution is 5.78. The molecule has 1 unspecified atom stereocenters. The van der Waals surface area contributed by atoms with Crippen LogP contribution < -0.4 is 5.32 Å². The van der Waals surface area contributed by atoms with E-state index in [-0.39, 0.29) is 5.91 Å². The molecule has 4 heteroatoms. The summed E-state index contributed by atoms with van der Waals surface area (Å²) in [5.41, 5.74) is 0. The molecule has 17 heavy (non-hydrogen) atoms. The fraction of sp³-hybridized carbons (Fsp3) is 0.923. The lowest BCUT2D eigenvalue weighted by atomic mass is 10.2. The zero-order valence-electron chi connectivity index (χ0n) is 11.5. The number of nitrogens with zero attached hydrogens (tertiary/aromatic N) is 2. The van der Waals surface area contributed by atoms with Gasteiger partial charge in [0, 0.05) is 25.7 Å². The van der Waals surface area contributed by atoms with Crippen LogP contribution in [0.4, 0.5) is 0 Å². The maximum absolute atomic E-state index is 12.0. The van der Waals surface area contributed by atoms with E-state index < -0.39 is 0 Å². The Kier molecular flexibility index (Phi) is 6.52. The Morgan fingerprint density at radius 1 is 1.24 bits per heavy atom. The molecule has 1 aliphatic rings. The van der Waals surface area contributed by atoms with E-state index in [1.807, 2.05) is 18.7 Å². The molecular weight excluding hydrogens is 214 g/mol. The third-order valence-corrected chi connectivity index (χ3v) is 3.56. The van der Waals surface area contributed by atoms with Crippen molar-refractivity contribution in [2.45, 2.75) is 39.7 Å². The molecule has 4 nitrogen and oxygen atoms in total. The summed E-state index contributed by atoms with van der Waals surface area (Å²) in [5, 5.41) is 3.49. The lowest BCUT2D eigenvalue weighted by Gasteiger charge is -2.27. The first kappa shape index (κ1) is 14.5. The van der Waals surface area contributed by atoms with Gasteiger partial charge in [-0.3, -0.25) is 9.69 Å². The van der Waals surface area contributed by atoms with Crippen molar-refractivity contribution in [1.82, 2.24) is 15.1 Å². The molecule has 1 fully saturated rings. The van der Waals surface area contributed by atoms with Gasteiger partial charge >= 0.3 is 0 Å². The summed E-state index contributed by atoms with van der Waals surface area (Å²) in [6, 6.07) is 0.583. The molecule has 1 N–H and O–H groups in total. The molecule has 1 saturated heterocycles. The minimum Gasteiger partial charge on any atom is -0.342 e. The molecule has 1 atom stereocenters. The van der Waals surface area contributed by atoms with E-state index in [9.17, 15) is 4.79 Å². The number of carbonyl (C=O) groups excluding carboxylic acids is 1. The first-order chi connectivity index (χ1) is 8.21. The summed E-state index contributed by atoms with van der Waals surface area (Å²) in [6.45, 7) is 11.5. The summed E-state index contributed by atoms with van der Waals surface area (Å²) in [5.74, 6) is 0.259. The van der Waals surface area contributed by atoms with Crippen molar-refractivity contribution >= 4 is 5.91 Å². The van der Waals surface area contributed by atoms with Crippen LogP contribution in [-0.4, -0.2) is 61.0 Å². The van der Waals surface area contributed by atoms with Crippen LogP contribution in [-0.2, 0) is 4.79 Å². The lowest BCUT2D eigenvalue weighted by Crippen LogP contribution is -2.44. The van der Waals surface area contributed by atoms with Crippen molar-refractivity contribution in [2.24, 2.45) is 0 Å². The van der Waals surface area contributed by atoms with E-state index in [2.05, 4.69) is 17.1 Å². The predicted molar refractivity (Wildman–Crippen MR) is 71.1 cm³/mol. The molecule has 0 bridgehead atoms. The molecule has 0 radical (unpaired) electrons. The lowest BCUT2D eigenvalue weighted by molar-refractivity contribution is -0.132. The molecule has 0 aromatic heterocycles. The molecule has 0 aromatic carbocycles. The fourth-order valence-corrected chi connectivity index (χ4v) is 2.40. The van der Waals surface area contributed by atoms with Crippen molar-refractivity contribution < 1.29 is 4.79 Å². The van der Waals surface area contributed by atoms with E-state index in [0.717, 1.165) is 32.7 Å². The third-order valence-electron chi connectivity index (χ3n) is 3.56. The van der Waals surface area contributed by atoms with Crippen molar-refractivity contribution in [3.63, 3.8) is 0 Å². The van der Waals surface area contributed by atoms with Gasteiger partial charge in [0.1, 0.15) is 0 Å². The number of carbonyl (C=O) groups is 1. The highest BCUT2D eigenvalue weighted by Crippen LogP contribution is 2.07. The molecule has 0 aliphatic carbocycles. The molecule has 0 saturated carbocycles. The second-order valence-electron chi connectivity index (χ2n) is 4.69. The van der Waals surface area contributed by atoms with Crippen molar-refractivity contribution in [2.75, 3.05) is 39.3 Å². The van der Waals surface area contributed by atoms with Gasteiger partial charge in [0.05, 0.1) is 6.54 Å². The first-order valence-electron chi connectivity index (χ1n) is 6.94. The van der Waals surface area contributed by atoms with E-state index in [1.54, 1.807) is 0 Å². The average molecular weight is 241 g/mol. The second-order valence-corrected chi connectivity index (χ2v) is 4.69. The molecular formula is C13H27N3O. The topological polar surface area (TPSA) is 35.6 Å². The van der Waals surface area contributed by atoms with Gasteiger partial charge in [-0.05, 0) is 39.8 Å². The minimum atomic E-state index is 0.259. The van der Waals surface area contributed by atoms with Gasteiger partial charge in [-0.1, -0.05) is 6.92 Å². The highest BCUT2D eigenvalue weighted by Gasteiger charge is 2.19. The SMILES string of the molecule is CCN(CC(=O)N(CC)CC)CC1CCCN1. The number of hydrogen-bond acceptors (Lipinski definition) is 3. The summed E-state index contributed by atoms with van der Waals surface area (Å²) in [6.07, 6.45) is 2.52. The number of likely N-dealkylation sites (N-methyl/N-ethyl adjacent to an activating group) is 2. The summed E-state index contributed by atoms with van der Waals surface area (Å²) in [7, 11) is 0. The van der Waals surface area contributed by atoms with Crippen molar-refractivity contribution in [3.05, 3.63) is 0 Å². The Morgan fingerprint density at radius 3 is 2.41 bits per heavy atom. The van der Waals surface area contributed by atoms with E-state index in [1.165, 1.54) is 12.8 Å². The Hall–Kier alpha value is -0.610. The minimum absolute atomic E-state index is 0.259. The smallest absolute Gasteiger partial charge is 0.236 e. The van der Waals surface area contributed by atoms with Crippen LogP contribution in [0.3, 0.4) is 0 Å². The Bertz CT molecular complexity index is 223. The predicted octanol–water partition coefficient (Wildman–Crippen LogP) is 0.929. The number of rotatable bonds is 7. The first-order valence-corrected chi connectivity index (χ1v) is 6.94. The Balaban J connectivity index is 2.36. The van der Waals surface area contributed by atoms with Crippen LogP contribution in [0.2, 0.25) is 0 Å². The summed E-state index contributed by atoms with van der Waals surface area (Å²) in [4.78, 5) is 16.2. The second kappa shape index (κ2) is 7.67. The Morgan fingerprint density at radius 2 is 1.94 bits per heavy atom. The quantitative estimate of drug-likeness (QED) is 0.720. The van der Waals surface area contributed by atoms with E-state index in [0.29, 0.717) is 12.6 Å². The third kappa shape index (κ3) is 4.64. The maximum atomic E-state index is 12.0. The maximum Gasteiger partial charge on any atom is 0.236 e. The standard InChI is InChI=1S/C13H27N3O/c1-4-15(10-12-8-7-9-14-12)11-13(17)16(5-2)6-3/h12,14H,4-11H2,1-3H3. The molecule has 1 rings (SSSR count). The molecule has 100 valence electrons. The van der Waals surface area contributed by atoms with Gasteiger partial charge in [-0.25, -0.2) is 0 Å². The molecule has 1 aliphatic heterocycles. The largest absolute Gasteiger partial charge is 0.342 e. The molecule has 0 spiro atoms. The zero-order valence-corrected chi connectivity index (χ0v) is 11.5. The monoisotopic (exact) mass is 241 g/mol. The van der Waals surface area contributed by atoms with Gasteiger partial charge in [-0.2, -0.15) is 0 Å². The molecule has 0 aromatic rings. The van der Waals surface area contributed by atoms with Gasteiger partial charge < -0.3 is 10.2 Å². The Labute approximate surface area is 105 Å². The van der Waals surface area contributed by atoms with Crippen LogP contribution in [0.5, 0.6) is 0 Å². The normalized spacial score (nSPS) is 19.9. The van der Waals surface area contributed by atoms with Crippen LogP contribution in [0, 0.1) is 0 Å². The zero-order chi connectivity index (χ0) is 12.7. The van der Waals surface area contributed by atoms with Gasteiger partial charge in [-0.15, -0.1) is 0 Å². The van der Waals surface area contributed by atoms with Gasteiger partial charge in [0.2, 0.25) is 5.91 Å². The molecule has 1 amide bonds. The fourth-order valence-electron chi connectivity index (χ4n) is 2.40. The van der Waals surface area contributed by atoms with Crippen molar-refractivity contribution in [3.8, 4) is 0 Å². The summed E-state index contributed by atoms with van der Waals surface area (Å²) < 4.78 is 0. The number of hydrogen-bond donors (Lipinski definition) is 1. The van der Waals surface area contributed by atoms with Crippen LogP contribution in [0.15, 0.2) is 0 Å². The van der Waals surface area contributed by atoms with Gasteiger partial charge in [0.25, 0.3) is 0 Å². The van der Waals surface area contributed by atoms with Gasteiger partial charge in [0.15, 0.2) is 0 Å². The van der Waals surface area contributed by atoms with Crippen molar-refractivity contribution in [1.29, 1.82) is 0 Å². The summed E-state index contributed by atoms with van der Waals surface area (Å²) >= 11 is 0. The molecule has 1 heterocycles. The van der Waals surface area contributed by atoms with Crippen LogP contribution in [0.25, 0.3) is 0 Å². The number of nitrogens with one attached hydrogen (secondary N) is 1. The van der Waals surface area contributed by atoms with Crippen LogP contribution in [0.1, 0.15) is 33.6 Å². The van der Waals surface area contributed by atoms with E-state index >= 15 is 0 Å². The van der Waals surface area contributed by atoms with E-state index in [4.69, 9.17) is 0 Å². The average Bonchev–Trinajstić information content (AvgIpc) is 2.82.